The normalized spacial score (nSPS) is 12.3. The summed E-state index contributed by atoms with van der Waals surface area (Å²) >= 11 is 1.32. The first-order chi connectivity index (χ1) is 8.68. The third kappa shape index (κ3) is 7.07. The molecule has 1 rings (SSSR count). The molecule has 0 saturated carbocycles. The fourth-order valence-corrected chi connectivity index (χ4v) is 1.71. The van der Waals surface area contributed by atoms with Crippen molar-refractivity contribution < 1.29 is 9.53 Å². The fourth-order valence-electron chi connectivity index (χ4n) is 1.26. The molecule has 0 spiro atoms. The summed E-state index contributed by atoms with van der Waals surface area (Å²) in [4.78, 5) is 11.6. The van der Waals surface area contributed by atoms with Crippen LogP contribution in [0.15, 0.2) is 5.38 Å². The molecule has 0 aliphatic rings. The molecule has 19 heavy (non-hydrogen) atoms. The largest absolute Gasteiger partial charge is 0.444 e. The Balaban J connectivity index is 2.32. The molecular formula is C12H22N4O2S. The van der Waals surface area contributed by atoms with E-state index in [2.05, 4.69) is 20.2 Å². The first kappa shape index (κ1) is 15.8. The van der Waals surface area contributed by atoms with Crippen molar-refractivity contribution in [1.29, 1.82) is 0 Å². The first-order valence-electron chi connectivity index (χ1n) is 6.16. The summed E-state index contributed by atoms with van der Waals surface area (Å²) in [5, 5.41) is 11.9. The number of ether oxygens (including phenoxy) is 1. The molecule has 1 amide bonds. The van der Waals surface area contributed by atoms with Crippen LogP contribution in [0, 0.1) is 0 Å². The maximum Gasteiger partial charge on any atom is 0.407 e. The number of amides is 1. The van der Waals surface area contributed by atoms with Crippen molar-refractivity contribution in [2.24, 2.45) is 0 Å². The molecule has 1 heterocycles. The monoisotopic (exact) mass is 286 g/mol. The molecular weight excluding hydrogens is 264 g/mol. The molecule has 1 aromatic rings. The SMILES string of the molecule is CC(C)(CNC(=O)OC(C)(C)C)NCc1csnn1. The van der Waals surface area contributed by atoms with E-state index in [-0.39, 0.29) is 5.54 Å². The lowest BCUT2D eigenvalue weighted by molar-refractivity contribution is 0.0513. The molecule has 0 aliphatic heterocycles. The average Bonchev–Trinajstić information content (AvgIpc) is 2.74. The maximum absolute atomic E-state index is 11.6. The smallest absolute Gasteiger partial charge is 0.407 e. The molecule has 0 unspecified atom stereocenters. The zero-order valence-electron chi connectivity index (χ0n) is 12.1. The van der Waals surface area contributed by atoms with Crippen LogP contribution < -0.4 is 10.6 Å². The van der Waals surface area contributed by atoms with Crippen LogP contribution in [0.2, 0.25) is 0 Å². The maximum atomic E-state index is 11.6. The Bertz CT molecular complexity index is 398. The molecule has 0 fully saturated rings. The van der Waals surface area contributed by atoms with Crippen molar-refractivity contribution in [3.63, 3.8) is 0 Å². The van der Waals surface area contributed by atoms with Crippen molar-refractivity contribution in [1.82, 2.24) is 20.2 Å². The minimum Gasteiger partial charge on any atom is -0.444 e. The zero-order chi connectivity index (χ0) is 14.5. The van der Waals surface area contributed by atoms with Crippen molar-refractivity contribution >= 4 is 17.6 Å². The predicted octanol–water partition coefficient (Wildman–Crippen LogP) is 1.93. The minimum absolute atomic E-state index is 0.249. The summed E-state index contributed by atoms with van der Waals surface area (Å²) in [5.41, 5.74) is 0.171. The lowest BCUT2D eigenvalue weighted by Gasteiger charge is -2.27. The number of hydrogen-bond donors (Lipinski definition) is 2. The van der Waals surface area contributed by atoms with Gasteiger partial charge in [-0.3, -0.25) is 0 Å². The number of nitrogens with zero attached hydrogens (tertiary/aromatic N) is 2. The second-order valence-electron chi connectivity index (χ2n) is 5.99. The molecule has 1 aromatic heterocycles. The van der Waals surface area contributed by atoms with E-state index in [0.29, 0.717) is 13.1 Å². The van der Waals surface area contributed by atoms with Gasteiger partial charge < -0.3 is 15.4 Å². The number of carbonyl (C=O) groups is 1. The Labute approximate surface area is 118 Å². The number of hydrogen-bond acceptors (Lipinski definition) is 6. The molecule has 0 aliphatic carbocycles. The first-order valence-corrected chi connectivity index (χ1v) is 6.99. The Morgan fingerprint density at radius 2 is 2.05 bits per heavy atom. The predicted molar refractivity (Wildman–Crippen MR) is 75.1 cm³/mol. The number of carbonyl (C=O) groups excluding carboxylic acids is 1. The topological polar surface area (TPSA) is 76.1 Å². The number of alkyl carbamates (subject to hydrolysis) is 1. The summed E-state index contributed by atoms with van der Waals surface area (Å²) < 4.78 is 8.98. The van der Waals surface area contributed by atoms with Gasteiger partial charge in [-0.25, -0.2) is 4.79 Å². The third-order valence-corrected chi connectivity index (χ3v) is 2.78. The van der Waals surface area contributed by atoms with Gasteiger partial charge in [0, 0.05) is 24.0 Å². The highest BCUT2D eigenvalue weighted by Crippen LogP contribution is 2.08. The standard InChI is InChI=1S/C12H22N4O2S/c1-11(2,3)18-10(17)13-8-12(4,5)14-6-9-7-19-16-15-9/h7,14H,6,8H2,1-5H3,(H,13,17). The highest BCUT2D eigenvalue weighted by Gasteiger charge is 2.21. The Morgan fingerprint density at radius 1 is 1.37 bits per heavy atom. The number of aromatic nitrogens is 2. The zero-order valence-corrected chi connectivity index (χ0v) is 12.9. The fraction of sp³-hybridized carbons (Fsp3) is 0.750. The van der Waals surface area contributed by atoms with Gasteiger partial charge in [0.15, 0.2) is 0 Å². The van der Waals surface area contributed by atoms with Crippen molar-refractivity contribution in [2.75, 3.05) is 6.54 Å². The van der Waals surface area contributed by atoms with E-state index in [0.717, 1.165) is 5.69 Å². The second kappa shape index (κ2) is 6.29. The molecule has 108 valence electrons. The van der Waals surface area contributed by atoms with Gasteiger partial charge in [-0.2, -0.15) is 0 Å². The van der Waals surface area contributed by atoms with E-state index in [1.54, 1.807) is 0 Å². The van der Waals surface area contributed by atoms with Gasteiger partial charge in [0.25, 0.3) is 0 Å². The van der Waals surface area contributed by atoms with Crippen molar-refractivity contribution in [2.45, 2.75) is 52.3 Å². The van der Waals surface area contributed by atoms with Gasteiger partial charge in [-0.15, -0.1) is 5.10 Å². The van der Waals surface area contributed by atoms with Crippen LogP contribution in [-0.2, 0) is 11.3 Å². The molecule has 7 heteroatoms. The molecule has 0 saturated heterocycles. The summed E-state index contributed by atoms with van der Waals surface area (Å²) in [6.45, 7) is 10.6. The summed E-state index contributed by atoms with van der Waals surface area (Å²) in [6, 6.07) is 0. The Hall–Kier alpha value is -1.21. The molecule has 0 radical (unpaired) electrons. The lowest BCUT2D eigenvalue weighted by atomic mass is 10.1. The van der Waals surface area contributed by atoms with Crippen LogP contribution in [0.3, 0.4) is 0 Å². The van der Waals surface area contributed by atoms with Gasteiger partial charge in [0.1, 0.15) is 5.60 Å². The van der Waals surface area contributed by atoms with Crippen LogP contribution in [0.25, 0.3) is 0 Å². The Morgan fingerprint density at radius 3 is 2.58 bits per heavy atom. The van der Waals surface area contributed by atoms with Crippen molar-refractivity contribution in [3.8, 4) is 0 Å². The molecule has 2 N–H and O–H groups in total. The Kier molecular flexibility index (Phi) is 5.25. The highest BCUT2D eigenvalue weighted by molar-refractivity contribution is 7.03. The molecule has 6 nitrogen and oxygen atoms in total. The minimum atomic E-state index is -0.478. The number of rotatable bonds is 5. The van der Waals surface area contributed by atoms with E-state index < -0.39 is 11.7 Å². The number of nitrogens with one attached hydrogen (secondary N) is 2. The van der Waals surface area contributed by atoms with E-state index in [9.17, 15) is 4.79 Å². The van der Waals surface area contributed by atoms with Gasteiger partial charge >= 0.3 is 6.09 Å². The van der Waals surface area contributed by atoms with Crippen LogP contribution in [0.4, 0.5) is 4.79 Å². The molecule has 0 atom stereocenters. The molecule has 0 aromatic carbocycles. The van der Waals surface area contributed by atoms with Crippen LogP contribution >= 0.6 is 11.5 Å². The van der Waals surface area contributed by atoms with Gasteiger partial charge in [-0.05, 0) is 46.2 Å². The van der Waals surface area contributed by atoms with Gasteiger partial charge in [-0.1, -0.05) is 4.49 Å². The van der Waals surface area contributed by atoms with E-state index >= 15 is 0 Å². The van der Waals surface area contributed by atoms with Gasteiger partial charge in [0.05, 0.1) is 5.69 Å². The van der Waals surface area contributed by atoms with E-state index in [4.69, 9.17) is 4.74 Å². The summed E-state index contributed by atoms with van der Waals surface area (Å²) in [5.74, 6) is 0. The summed E-state index contributed by atoms with van der Waals surface area (Å²) in [6.07, 6.45) is -0.405. The van der Waals surface area contributed by atoms with Gasteiger partial charge in [0.2, 0.25) is 0 Å². The van der Waals surface area contributed by atoms with Crippen LogP contribution in [-0.4, -0.2) is 33.4 Å². The lowest BCUT2D eigenvalue weighted by Crippen LogP contribution is -2.49. The summed E-state index contributed by atoms with van der Waals surface area (Å²) in [7, 11) is 0. The van der Waals surface area contributed by atoms with Crippen molar-refractivity contribution in [3.05, 3.63) is 11.1 Å². The third-order valence-electron chi connectivity index (χ3n) is 2.23. The average molecular weight is 286 g/mol. The van der Waals surface area contributed by atoms with E-state index in [1.807, 2.05) is 40.0 Å². The second-order valence-corrected chi connectivity index (χ2v) is 6.60. The molecule has 0 bridgehead atoms. The van der Waals surface area contributed by atoms with Crippen LogP contribution in [0.5, 0.6) is 0 Å². The van der Waals surface area contributed by atoms with Crippen LogP contribution in [0.1, 0.15) is 40.3 Å². The van der Waals surface area contributed by atoms with E-state index in [1.165, 1.54) is 11.5 Å². The quantitative estimate of drug-likeness (QED) is 0.865. The highest BCUT2D eigenvalue weighted by atomic mass is 32.1.